The summed E-state index contributed by atoms with van der Waals surface area (Å²) in [6, 6.07) is 4.04. The van der Waals surface area contributed by atoms with Gasteiger partial charge in [0, 0.05) is 12.6 Å². The first kappa shape index (κ1) is 12.4. The van der Waals surface area contributed by atoms with Gasteiger partial charge in [-0.15, -0.1) is 0 Å². The number of imidazole rings is 1. The Morgan fingerprint density at radius 1 is 1.47 bits per heavy atom. The fourth-order valence-electron chi connectivity index (χ4n) is 2.97. The summed E-state index contributed by atoms with van der Waals surface area (Å²) in [5.41, 5.74) is 2.64. The molecule has 0 aliphatic carbocycles. The van der Waals surface area contributed by atoms with Crippen LogP contribution in [0.3, 0.4) is 0 Å². The summed E-state index contributed by atoms with van der Waals surface area (Å²) in [6.07, 6.45) is 6.22. The van der Waals surface area contributed by atoms with E-state index in [0.717, 1.165) is 42.7 Å². The van der Waals surface area contributed by atoms with Gasteiger partial charge in [0.15, 0.2) is 6.29 Å². The van der Waals surface area contributed by atoms with Gasteiger partial charge in [-0.2, -0.15) is 0 Å². The number of hydrogen-bond donors (Lipinski definition) is 1. The molecule has 2 aromatic rings. The fraction of sp³-hybridized carbons (Fsp3) is 0.467. The van der Waals surface area contributed by atoms with E-state index in [9.17, 15) is 4.79 Å². The van der Waals surface area contributed by atoms with Gasteiger partial charge < -0.3 is 9.72 Å². The maximum Gasteiger partial charge on any atom is 0.170 e. The van der Waals surface area contributed by atoms with Crippen LogP contribution >= 0.6 is 0 Å². The molecule has 3 heterocycles. The van der Waals surface area contributed by atoms with Crippen LogP contribution in [-0.4, -0.2) is 28.8 Å². The van der Waals surface area contributed by atoms with Crippen molar-refractivity contribution >= 4 is 11.8 Å². The Morgan fingerprint density at radius 3 is 3.00 bits per heavy atom. The molecule has 1 fully saturated rings. The molecular weight excluding hydrogens is 238 g/mol. The first-order valence-electron chi connectivity index (χ1n) is 6.92. The number of fused-ring (bicyclic) bond motifs is 1. The Hall–Kier alpha value is -1.68. The minimum absolute atomic E-state index is 0.571. The molecule has 0 unspecified atom stereocenters. The van der Waals surface area contributed by atoms with Crippen molar-refractivity contribution in [3.8, 4) is 0 Å². The highest BCUT2D eigenvalue weighted by atomic mass is 16.1. The predicted molar refractivity (Wildman–Crippen MR) is 74.6 cm³/mol. The average Bonchev–Trinajstić information content (AvgIpc) is 2.80. The van der Waals surface area contributed by atoms with Gasteiger partial charge in [-0.3, -0.25) is 4.79 Å². The van der Waals surface area contributed by atoms with Gasteiger partial charge in [0.25, 0.3) is 0 Å². The first-order chi connectivity index (χ1) is 9.29. The van der Waals surface area contributed by atoms with E-state index in [2.05, 4.69) is 14.7 Å². The molecule has 1 saturated heterocycles. The van der Waals surface area contributed by atoms with Crippen molar-refractivity contribution in [2.24, 2.45) is 5.92 Å². The quantitative estimate of drug-likeness (QED) is 0.855. The highest BCUT2D eigenvalue weighted by Crippen LogP contribution is 2.21. The molecule has 4 heteroatoms. The van der Waals surface area contributed by atoms with Gasteiger partial charge in [-0.1, -0.05) is 6.07 Å². The predicted octanol–water partition coefficient (Wildman–Crippen LogP) is 2.00. The molecule has 1 aliphatic rings. The van der Waals surface area contributed by atoms with E-state index in [1.54, 1.807) is 0 Å². The van der Waals surface area contributed by atoms with Crippen LogP contribution in [0.1, 0.15) is 34.7 Å². The SMILES string of the molecule is Cc1cccn2c(CC3CCNCC3)nc(C=O)c12. The molecule has 4 nitrogen and oxygen atoms in total. The number of aryl methyl sites for hydroxylation is 1. The smallest absolute Gasteiger partial charge is 0.170 e. The van der Waals surface area contributed by atoms with Crippen molar-refractivity contribution in [2.75, 3.05) is 13.1 Å². The van der Waals surface area contributed by atoms with Crippen LogP contribution in [0.25, 0.3) is 5.52 Å². The fourth-order valence-corrected chi connectivity index (χ4v) is 2.97. The van der Waals surface area contributed by atoms with Crippen molar-refractivity contribution in [1.29, 1.82) is 0 Å². The van der Waals surface area contributed by atoms with Crippen LogP contribution in [0.4, 0.5) is 0 Å². The monoisotopic (exact) mass is 257 g/mol. The lowest BCUT2D eigenvalue weighted by Crippen LogP contribution is -2.29. The van der Waals surface area contributed by atoms with E-state index < -0.39 is 0 Å². The Morgan fingerprint density at radius 2 is 2.26 bits per heavy atom. The molecule has 0 aromatic carbocycles. The van der Waals surface area contributed by atoms with Crippen molar-refractivity contribution in [3.63, 3.8) is 0 Å². The summed E-state index contributed by atoms with van der Waals surface area (Å²) in [5, 5.41) is 3.38. The third-order valence-electron chi connectivity index (χ3n) is 4.01. The van der Waals surface area contributed by atoms with Gasteiger partial charge in [-0.05, 0) is 50.4 Å². The van der Waals surface area contributed by atoms with Gasteiger partial charge in [0.1, 0.15) is 11.5 Å². The number of pyridine rings is 1. The molecule has 1 aliphatic heterocycles. The zero-order valence-corrected chi connectivity index (χ0v) is 11.2. The third-order valence-corrected chi connectivity index (χ3v) is 4.01. The number of aldehydes is 1. The van der Waals surface area contributed by atoms with Gasteiger partial charge >= 0.3 is 0 Å². The molecule has 0 atom stereocenters. The highest BCUT2D eigenvalue weighted by Gasteiger charge is 2.18. The van der Waals surface area contributed by atoms with Crippen molar-refractivity contribution < 1.29 is 4.79 Å². The van der Waals surface area contributed by atoms with Crippen LogP contribution in [0.5, 0.6) is 0 Å². The number of carbonyl (C=O) groups excluding carboxylic acids is 1. The van der Waals surface area contributed by atoms with Crippen LogP contribution in [0, 0.1) is 12.8 Å². The zero-order valence-electron chi connectivity index (χ0n) is 11.2. The molecule has 1 N–H and O–H groups in total. The number of carbonyl (C=O) groups is 1. The lowest BCUT2D eigenvalue weighted by molar-refractivity contribution is 0.112. The standard InChI is InChI=1S/C15H19N3O/c1-11-3-2-8-18-14(17-13(10-19)15(11)18)9-12-4-6-16-7-5-12/h2-3,8,10,12,16H,4-7,9H2,1H3. The van der Waals surface area contributed by atoms with E-state index in [-0.39, 0.29) is 0 Å². The highest BCUT2D eigenvalue weighted by molar-refractivity contribution is 5.85. The van der Waals surface area contributed by atoms with Crippen LogP contribution < -0.4 is 5.32 Å². The minimum Gasteiger partial charge on any atom is -0.317 e. The maximum atomic E-state index is 11.2. The van der Waals surface area contributed by atoms with Crippen LogP contribution in [0.15, 0.2) is 18.3 Å². The lowest BCUT2D eigenvalue weighted by Gasteiger charge is -2.21. The molecule has 0 amide bonds. The molecule has 19 heavy (non-hydrogen) atoms. The largest absolute Gasteiger partial charge is 0.317 e. The topological polar surface area (TPSA) is 46.4 Å². The normalized spacial score (nSPS) is 16.9. The van der Waals surface area contributed by atoms with E-state index in [1.165, 1.54) is 12.8 Å². The Balaban J connectivity index is 1.99. The zero-order chi connectivity index (χ0) is 13.2. The number of aromatic nitrogens is 2. The molecule has 3 rings (SSSR count). The second kappa shape index (κ2) is 5.13. The van der Waals surface area contributed by atoms with Crippen molar-refractivity contribution in [1.82, 2.24) is 14.7 Å². The summed E-state index contributed by atoms with van der Waals surface area (Å²) in [6.45, 7) is 4.21. The molecule has 100 valence electrons. The molecule has 0 bridgehead atoms. The number of rotatable bonds is 3. The Bertz CT molecular complexity index is 597. The summed E-state index contributed by atoms with van der Waals surface area (Å²) in [4.78, 5) is 15.7. The van der Waals surface area contributed by atoms with Crippen LogP contribution in [-0.2, 0) is 6.42 Å². The summed E-state index contributed by atoms with van der Waals surface area (Å²) < 4.78 is 2.08. The van der Waals surface area contributed by atoms with E-state index in [0.29, 0.717) is 11.6 Å². The maximum absolute atomic E-state index is 11.2. The molecule has 2 aromatic heterocycles. The summed E-state index contributed by atoms with van der Waals surface area (Å²) >= 11 is 0. The first-order valence-corrected chi connectivity index (χ1v) is 6.92. The summed E-state index contributed by atoms with van der Waals surface area (Å²) in [7, 11) is 0. The van der Waals surface area contributed by atoms with Crippen molar-refractivity contribution in [2.45, 2.75) is 26.2 Å². The van der Waals surface area contributed by atoms with Gasteiger partial charge in [0.05, 0.1) is 5.52 Å². The molecular formula is C15H19N3O. The number of piperidine rings is 1. The lowest BCUT2D eigenvalue weighted by atomic mass is 9.94. The third kappa shape index (κ3) is 2.28. The van der Waals surface area contributed by atoms with Gasteiger partial charge in [-0.25, -0.2) is 4.98 Å². The molecule has 0 spiro atoms. The second-order valence-electron chi connectivity index (χ2n) is 5.34. The van der Waals surface area contributed by atoms with Gasteiger partial charge in [0.2, 0.25) is 0 Å². The van der Waals surface area contributed by atoms with Crippen molar-refractivity contribution in [3.05, 3.63) is 35.4 Å². The minimum atomic E-state index is 0.571. The second-order valence-corrected chi connectivity index (χ2v) is 5.34. The van der Waals surface area contributed by atoms with E-state index in [4.69, 9.17) is 0 Å². The van der Waals surface area contributed by atoms with E-state index in [1.807, 2.05) is 25.3 Å². The average molecular weight is 257 g/mol. The number of nitrogens with zero attached hydrogens (tertiary/aromatic N) is 2. The number of nitrogens with one attached hydrogen (secondary N) is 1. The Kier molecular flexibility index (Phi) is 3.34. The van der Waals surface area contributed by atoms with Crippen LogP contribution in [0.2, 0.25) is 0 Å². The van der Waals surface area contributed by atoms with E-state index >= 15 is 0 Å². The Labute approximate surface area is 112 Å². The molecule has 0 saturated carbocycles. The molecule has 0 radical (unpaired) electrons. The number of hydrogen-bond acceptors (Lipinski definition) is 3. The summed E-state index contributed by atoms with van der Waals surface area (Å²) in [5.74, 6) is 1.69.